The van der Waals surface area contributed by atoms with E-state index in [-0.39, 0.29) is 0 Å². The number of rotatable bonds is 8. The van der Waals surface area contributed by atoms with Crippen LogP contribution in [0.1, 0.15) is 0 Å². The largest absolute Gasteiger partial charge is 0.311 e. The molecule has 0 aliphatic heterocycles. The summed E-state index contributed by atoms with van der Waals surface area (Å²) >= 11 is 0. The van der Waals surface area contributed by atoms with Gasteiger partial charge in [-0.15, -0.1) is 30.6 Å². The zero-order chi connectivity index (χ0) is 38.4. The second-order valence-electron chi connectivity index (χ2n) is 14.0. The van der Waals surface area contributed by atoms with Crippen molar-refractivity contribution in [1.29, 1.82) is 0 Å². The highest BCUT2D eigenvalue weighted by Crippen LogP contribution is 2.37. The molecule has 11 aromatic rings. The Morgan fingerprint density at radius 2 is 0.569 bits per heavy atom. The number of fused-ring (bicyclic) bond motifs is 3. The molecule has 11 rings (SSSR count). The highest BCUT2D eigenvalue weighted by molar-refractivity contribution is 5.84. The third kappa shape index (κ3) is 6.11. The number of aromatic nitrogens is 9. The summed E-state index contributed by atoms with van der Waals surface area (Å²) in [7, 11) is 0. The highest BCUT2D eigenvalue weighted by Gasteiger charge is 2.15. The SMILES string of the molecule is c1ccc(-n2nc3ccc(-c4ccc(N(c5ccc(-c6ccc(-n7nc8ccccc8n7)cc6)cc5)c5ccc(-n6nc7ccccc7n6)cc5)cc4)cc3n2)cc1. The van der Waals surface area contributed by atoms with E-state index in [4.69, 9.17) is 20.4 Å². The van der Waals surface area contributed by atoms with Gasteiger partial charge in [0.1, 0.15) is 33.1 Å². The Hall–Kier alpha value is -8.24. The first kappa shape index (κ1) is 33.1. The molecule has 0 bridgehead atoms. The van der Waals surface area contributed by atoms with Crippen LogP contribution < -0.4 is 4.90 Å². The Bertz CT molecular complexity index is 3140. The first-order valence-electron chi connectivity index (χ1n) is 19.0. The molecule has 58 heavy (non-hydrogen) atoms. The predicted molar refractivity (Wildman–Crippen MR) is 229 cm³/mol. The minimum Gasteiger partial charge on any atom is -0.311 e. The average Bonchev–Trinajstić information content (AvgIpc) is 4.05. The van der Waals surface area contributed by atoms with Gasteiger partial charge >= 0.3 is 0 Å². The van der Waals surface area contributed by atoms with Crippen LogP contribution in [0.4, 0.5) is 17.1 Å². The van der Waals surface area contributed by atoms with Gasteiger partial charge in [0.2, 0.25) is 0 Å². The van der Waals surface area contributed by atoms with E-state index in [1.165, 1.54) is 0 Å². The lowest BCUT2D eigenvalue weighted by Gasteiger charge is -2.26. The van der Waals surface area contributed by atoms with Crippen molar-refractivity contribution < 1.29 is 0 Å². The van der Waals surface area contributed by atoms with Crippen molar-refractivity contribution in [1.82, 2.24) is 45.0 Å². The van der Waals surface area contributed by atoms with Crippen LogP contribution in [0.25, 0.3) is 72.4 Å². The summed E-state index contributed by atoms with van der Waals surface area (Å²) in [4.78, 5) is 7.32. The molecular weight excluding hydrogens is 717 g/mol. The molecule has 0 N–H and O–H groups in total. The predicted octanol–water partition coefficient (Wildman–Crippen LogP) is 10.7. The Kier molecular flexibility index (Phi) is 7.88. The Morgan fingerprint density at radius 1 is 0.259 bits per heavy atom. The summed E-state index contributed by atoms with van der Waals surface area (Å²) in [6, 6.07) is 66.0. The van der Waals surface area contributed by atoms with Gasteiger partial charge in [0.15, 0.2) is 0 Å². The van der Waals surface area contributed by atoms with Gasteiger partial charge in [0.05, 0.1) is 17.1 Å². The molecule has 0 atom stereocenters. The third-order valence-electron chi connectivity index (χ3n) is 10.3. The number of hydrogen-bond donors (Lipinski definition) is 0. The first-order valence-corrected chi connectivity index (χ1v) is 19.0. The maximum absolute atomic E-state index is 4.77. The van der Waals surface area contributed by atoms with Gasteiger partial charge in [-0.1, -0.05) is 84.9 Å². The first-order chi connectivity index (χ1) is 28.7. The summed E-state index contributed by atoms with van der Waals surface area (Å²) in [5.41, 5.74) is 15.3. The van der Waals surface area contributed by atoms with Crippen molar-refractivity contribution in [3.63, 3.8) is 0 Å². The molecule has 0 amide bonds. The van der Waals surface area contributed by atoms with Crippen molar-refractivity contribution in [3.8, 4) is 39.3 Å². The molecule has 0 fully saturated rings. The normalized spacial score (nSPS) is 11.4. The number of hydrogen-bond acceptors (Lipinski definition) is 7. The molecule has 274 valence electrons. The molecule has 3 heterocycles. The molecule has 0 radical (unpaired) electrons. The van der Waals surface area contributed by atoms with Crippen LogP contribution in [0.5, 0.6) is 0 Å². The lowest BCUT2D eigenvalue weighted by atomic mass is 10.0. The summed E-state index contributed by atoms with van der Waals surface area (Å²) < 4.78 is 0. The quantitative estimate of drug-likeness (QED) is 0.153. The van der Waals surface area contributed by atoms with E-state index in [0.29, 0.717) is 0 Å². The van der Waals surface area contributed by atoms with E-state index in [1.807, 2.05) is 84.9 Å². The summed E-state index contributed by atoms with van der Waals surface area (Å²) in [5.74, 6) is 0. The summed E-state index contributed by atoms with van der Waals surface area (Å²) in [6.45, 7) is 0. The van der Waals surface area contributed by atoms with Crippen molar-refractivity contribution in [2.45, 2.75) is 0 Å². The van der Waals surface area contributed by atoms with Crippen molar-refractivity contribution >= 4 is 50.2 Å². The van der Waals surface area contributed by atoms with E-state index in [1.54, 1.807) is 14.4 Å². The second kappa shape index (κ2) is 13.8. The molecule has 0 saturated carbocycles. The fourth-order valence-corrected chi connectivity index (χ4v) is 7.30. The molecule has 0 aliphatic rings. The third-order valence-corrected chi connectivity index (χ3v) is 10.3. The molecule has 3 aromatic heterocycles. The molecule has 10 heteroatoms. The molecule has 0 unspecified atom stereocenters. The lowest BCUT2D eigenvalue weighted by molar-refractivity contribution is 0.765. The van der Waals surface area contributed by atoms with Crippen LogP contribution in [0.15, 0.2) is 194 Å². The Morgan fingerprint density at radius 3 is 1.03 bits per heavy atom. The van der Waals surface area contributed by atoms with Gasteiger partial charge in [0.25, 0.3) is 0 Å². The fraction of sp³-hybridized carbons (Fsp3) is 0. The van der Waals surface area contributed by atoms with E-state index >= 15 is 0 Å². The molecule has 0 aliphatic carbocycles. The topological polar surface area (TPSA) is 95.4 Å². The standard InChI is InChI=1S/C48H32N10/c1-2-8-40(9-3-1)56-53-47-31-20-36(32-48(47)54-56)35-16-23-38(24-17-35)55(39-27-29-42(30-28-39)58-51-45-12-6-7-13-46(45)52-58)37-21-14-33(15-22-37)34-18-25-41(26-19-34)57-49-43-10-4-5-11-44(43)50-57/h1-32H. The maximum Gasteiger partial charge on any atom is 0.114 e. The Balaban J connectivity index is 0.914. The lowest BCUT2D eigenvalue weighted by Crippen LogP contribution is -2.10. The fourth-order valence-electron chi connectivity index (χ4n) is 7.30. The molecule has 8 aromatic carbocycles. The number of anilines is 3. The minimum atomic E-state index is 0.841. The van der Waals surface area contributed by atoms with Crippen LogP contribution in [-0.4, -0.2) is 45.0 Å². The number of nitrogens with zero attached hydrogens (tertiary/aromatic N) is 10. The van der Waals surface area contributed by atoms with Crippen molar-refractivity contribution in [2.75, 3.05) is 4.90 Å². The van der Waals surface area contributed by atoms with Crippen LogP contribution in [0.3, 0.4) is 0 Å². The van der Waals surface area contributed by atoms with Gasteiger partial charge < -0.3 is 4.90 Å². The van der Waals surface area contributed by atoms with Crippen molar-refractivity contribution in [3.05, 3.63) is 194 Å². The average molecular weight is 749 g/mol. The zero-order valence-electron chi connectivity index (χ0n) is 30.9. The van der Waals surface area contributed by atoms with Gasteiger partial charge in [-0.3, -0.25) is 0 Å². The maximum atomic E-state index is 4.77. The monoisotopic (exact) mass is 748 g/mol. The van der Waals surface area contributed by atoms with Crippen LogP contribution in [-0.2, 0) is 0 Å². The van der Waals surface area contributed by atoms with Crippen molar-refractivity contribution in [2.24, 2.45) is 0 Å². The summed E-state index contributed by atoms with van der Waals surface area (Å²) in [5, 5.41) is 28.1. The van der Waals surface area contributed by atoms with Gasteiger partial charge in [-0.05, 0) is 131 Å². The Labute approximate surface area is 332 Å². The van der Waals surface area contributed by atoms with Crippen LogP contribution in [0, 0.1) is 0 Å². The van der Waals surface area contributed by atoms with Gasteiger partial charge in [-0.25, -0.2) is 0 Å². The van der Waals surface area contributed by atoms with E-state index in [0.717, 1.165) is 89.5 Å². The van der Waals surface area contributed by atoms with Gasteiger partial charge in [-0.2, -0.15) is 14.4 Å². The number of benzene rings is 8. The molecular formula is C48H32N10. The van der Waals surface area contributed by atoms with Crippen LogP contribution in [0.2, 0.25) is 0 Å². The second-order valence-corrected chi connectivity index (χ2v) is 14.0. The molecule has 0 spiro atoms. The smallest absolute Gasteiger partial charge is 0.114 e. The van der Waals surface area contributed by atoms with Gasteiger partial charge in [0, 0.05) is 17.1 Å². The van der Waals surface area contributed by atoms with Crippen LogP contribution >= 0.6 is 0 Å². The van der Waals surface area contributed by atoms with E-state index < -0.39 is 0 Å². The molecule has 0 saturated heterocycles. The summed E-state index contributed by atoms with van der Waals surface area (Å²) in [6.07, 6.45) is 0. The highest BCUT2D eigenvalue weighted by atomic mass is 15.5. The zero-order valence-corrected chi connectivity index (χ0v) is 30.9. The van der Waals surface area contributed by atoms with E-state index in [2.05, 4.69) is 124 Å². The minimum absolute atomic E-state index is 0.841. The number of para-hydroxylation sites is 1. The molecule has 10 nitrogen and oxygen atoms in total. The van der Waals surface area contributed by atoms with E-state index in [9.17, 15) is 0 Å².